The molecule has 2 aliphatic rings. The number of imide groups is 1. The number of carbonyl (C=O) groups is 3. The maximum atomic E-state index is 14.6. The van der Waals surface area contributed by atoms with E-state index in [1.165, 1.54) is 12.1 Å². The number of piperidine rings is 1. The zero-order chi connectivity index (χ0) is 19.8. The van der Waals surface area contributed by atoms with Gasteiger partial charge in [-0.3, -0.25) is 19.8 Å². The molecule has 27 heavy (non-hydrogen) atoms. The summed E-state index contributed by atoms with van der Waals surface area (Å²) in [7, 11) is 0. The minimum atomic E-state index is -1.29. The molecular formula is C17H19ClFN3O5. The summed E-state index contributed by atoms with van der Waals surface area (Å²) in [5, 5.41) is 21.5. The van der Waals surface area contributed by atoms with Crippen LogP contribution in [0.2, 0.25) is 5.02 Å². The van der Waals surface area contributed by atoms with E-state index in [1.54, 1.807) is 4.90 Å². The number of aliphatic carboxylic acids is 1. The molecule has 146 valence electrons. The molecule has 10 heteroatoms. The summed E-state index contributed by atoms with van der Waals surface area (Å²) < 4.78 is 14.6. The smallest absolute Gasteiger partial charge is 0.328 e. The topological polar surface area (TPSA) is 110 Å². The van der Waals surface area contributed by atoms with Gasteiger partial charge in [-0.15, -0.1) is 0 Å². The number of nitrogens with one attached hydrogen (secondary N) is 1. The monoisotopic (exact) mass is 399 g/mol. The van der Waals surface area contributed by atoms with E-state index < -0.39 is 29.3 Å². The quantitative estimate of drug-likeness (QED) is 0.711. The summed E-state index contributed by atoms with van der Waals surface area (Å²) in [4.78, 5) is 36.9. The molecule has 2 saturated heterocycles. The minimum Gasteiger partial charge on any atom is -0.481 e. The Morgan fingerprint density at radius 1 is 1.22 bits per heavy atom. The maximum Gasteiger partial charge on any atom is 0.328 e. The minimum absolute atomic E-state index is 0.0202. The van der Waals surface area contributed by atoms with Gasteiger partial charge in [0, 0.05) is 32.1 Å². The molecule has 3 N–H and O–H groups in total. The third kappa shape index (κ3) is 4.14. The van der Waals surface area contributed by atoms with Crippen molar-refractivity contribution in [3.8, 4) is 0 Å². The Labute approximate surface area is 159 Å². The van der Waals surface area contributed by atoms with Crippen molar-refractivity contribution < 1.29 is 29.0 Å². The molecule has 0 atom stereocenters. The lowest BCUT2D eigenvalue weighted by atomic mass is 9.88. The van der Waals surface area contributed by atoms with E-state index in [2.05, 4.69) is 5.32 Å². The Balaban J connectivity index is 1.77. The average molecular weight is 400 g/mol. The summed E-state index contributed by atoms with van der Waals surface area (Å²) in [6.45, 7) is 0.700. The van der Waals surface area contributed by atoms with Gasteiger partial charge in [0.05, 0.1) is 28.4 Å². The predicted octanol–water partition coefficient (Wildman–Crippen LogP) is 1.73. The molecule has 2 fully saturated rings. The van der Waals surface area contributed by atoms with Crippen LogP contribution in [-0.2, 0) is 9.59 Å². The number of urea groups is 1. The molecule has 0 aromatic heterocycles. The Morgan fingerprint density at radius 2 is 1.89 bits per heavy atom. The molecule has 2 heterocycles. The fourth-order valence-electron chi connectivity index (χ4n) is 3.39. The van der Waals surface area contributed by atoms with Gasteiger partial charge < -0.3 is 15.1 Å². The first-order valence-corrected chi connectivity index (χ1v) is 8.86. The molecule has 2 aliphatic heterocycles. The number of aliphatic hydroxyl groups is 1. The molecule has 0 aliphatic carbocycles. The Kier molecular flexibility index (Phi) is 5.25. The molecular weight excluding hydrogens is 381 g/mol. The van der Waals surface area contributed by atoms with Gasteiger partial charge in [0.25, 0.3) is 0 Å². The van der Waals surface area contributed by atoms with E-state index in [0.29, 0.717) is 18.8 Å². The van der Waals surface area contributed by atoms with Gasteiger partial charge in [-0.1, -0.05) is 11.6 Å². The van der Waals surface area contributed by atoms with Crippen molar-refractivity contribution in [2.24, 2.45) is 0 Å². The zero-order valence-electron chi connectivity index (χ0n) is 14.4. The number of hydrogen-bond acceptors (Lipinski definition) is 5. The molecule has 0 radical (unpaired) electrons. The number of amides is 3. The fraction of sp³-hybridized carbons (Fsp3) is 0.471. The largest absolute Gasteiger partial charge is 0.481 e. The van der Waals surface area contributed by atoms with Gasteiger partial charge in [0.1, 0.15) is 5.82 Å². The van der Waals surface area contributed by atoms with Crippen molar-refractivity contribution >= 4 is 40.9 Å². The number of nitrogens with zero attached hydrogens (tertiary/aromatic N) is 2. The van der Waals surface area contributed by atoms with Crippen LogP contribution in [0.4, 0.5) is 20.6 Å². The Morgan fingerprint density at radius 3 is 2.48 bits per heavy atom. The first kappa shape index (κ1) is 19.4. The highest BCUT2D eigenvalue weighted by Gasteiger charge is 2.35. The number of hydrogen-bond donors (Lipinski definition) is 3. The van der Waals surface area contributed by atoms with Crippen LogP contribution < -0.4 is 15.1 Å². The first-order valence-electron chi connectivity index (χ1n) is 8.48. The molecule has 0 spiro atoms. The highest BCUT2D eigenvalue weighted by Crippen LogP contribution is 2.36. The van der Waals surface area contributed by atoms with E-state index >= 15 is 0 Å². The number of benzene rings is 1. The Bertz CT molecular complexity index is 795. The van der Waals surface area contributed by atoms with Crippen LogP contribution in [0.1, 0.15) is 25.7 Å². The third-order valence-corrected chi connectivity index (χ3v) is 5.18. The first-order chi connectivity index (χ1) is 12.7. The van der Waals surface area contributed by atoms with Gasteiger partial charge in [-0.2, -0.15) is 0 Å². The molecule has 3 amide bonds. The highest BCUT2D eigenvalue weighted by molar-refractivity contribution is 6.33. The number of rotatable bonds is 4. The van der Waals surface area contributed by atoms with E-state index in [9.17, 15) is 23.9 Å². The second kappa shape index (κ2) is 7.32. The van der Waals surface area contributed by atoms with Gasteiger partial charge in [0.15, 0.2) is 0 Å². The van der Waals surface area contributed by atoms with Crippen molar-refractivity contribution in [1.82, 2.24) is 5.32 Å². The molecule has 0 saturated carbocycles. The number of carboxylic acids is 1. The van der Waals surface area contributed by atoms with Gasteiger partial charge >= 0.3 is 12.0 Å². The van der Waals surface area contributed by atoms with Gasteiger partial charge in [-0.25, -0.2) is 9.18 Å². The summed E-state index contributed by atoms with van der Waals surface area (Å²) in [6.07, 6.45) is 0.161. The van der Waals surface area contributed by atoms with Crippen LogP contribution >= 0.6 is 11.6 Å². The van der Waals surface area contributed by atoms with Crippen LogP contribution in [0.3, 0.4) is 0 Å². The fourth-order valence-corrected chi connectivity index (χ4v) is 3.67. The average Bonchev–Trinajstić information content (AvgIpc) is 2.57. The van der Waals surface area contributed by atoms with Crippen molar-refractivity contribution in [2.75, 3.05) is 29.4 Å². The number of anilines is 2. The SMILES string of the molecule is O=C(O)CC1(O)CCN(c2cc(F)c(N3CCC(=O)NC3=O)cc2Cl)CC1. The zero-order valence-corrected chi connectivity index (χ0v) is 15.1. The maximum absolute atomic E-state index is 14.6. The summed E-state index contributed by atoms with van der Waals surface area (Å²) in [5.74, 6) is -2.15. The number of halogens is 2. The predicted molar refractivity (Wildman–Crippen MR) is 95.6 cm³/mol. The van der Waals surface area contributed by atoms with E-state index in [4.69, 9.17) is 16.7 Å². The molecule has 0 unspecified atom stereocenters. The van der Waals surface area contributed by atoms with E-state index in [-0.39, 0.29) is 42.9 Å². The molecule has 1 aromatic rings. The van der Waals surface area contributed by atoms with E-state index in [0.717, 1.165) is 4.90 Å². The van der Waals surface area contributed by atoms with Crippen molar-refractivity contribution in [3.63, 3.8) is 0 Å². The van der Waals surface area contributed by atoms with Gasteiger partial charge in [-0.05, 0) is 18.9 Å². The lowest BCUT2D eigenvalue weighted by Gasteiger charge is -2.39. The van der Waals surface area contributed by atoms with Crippen molar-refractivity contribution in [3.05, 3.63) is 23.0 Å². The standard InChI is InChI=1S/C17H19ClFN3O5/c18-10-7-13(22-4-1-14(23)20-16(22)26)11(19)8-12(10)21-5-2-17(27,3-6-21)9-15(24)25/h7-8,27H,1-6,9H2,(H,24,25)(H,20,23,26). The van der Waals surface area contributed by atoms with Crippen LogP contribution in [0.25, 0.3) is 0 Å². The molecule has 8 nitrogen and oxygen atoms in total. The lowest BCUT2D eigenvalue weighted by molar-refractivity contribution is -0.143. The molecule has 0 bridgehead atoms. The van der Waals surface area contributed by atoms with Crippen molar-refractivity contribution in [2.45, 2.75) is 31.3 Å². The second-order valence-electron chi connectivity index (χ2n) is 6.79. The van der Waals surface area contributed by atoms with Crippen LogP contribution in [0.15, 0.2) is 12.1 Å². The summed E-state index contributed by atoms with van der Waals surface area (Å²) in [5.41, 5.74) is -0.900. The Hall–Kier alpha value is -2.39. The summed E-state index contributed by atoms with van der Waals surface area (Å²) in [6, 6.07) is 1.84. The van der Waals surface area contributed by atoms with Crippen LogP contribution in [0.5, 0.6) is 0 Å². The lowest BCUT2D eigenvalue weighted by Crippen LogP contribution is -2.50. The highest BCUT2D eigenvalue weighted by atomic mass is 35.5. The van der Waals surface area contributed by atoms with Crippen molar-refractivity contribution in [1.29, 1.82) is 0 Å². The second-order valence-corrected chi connectivity index (χ2v) is 7.20. The third-order valence-electron chi connectivity index (χ3n) is 4.88. The molecule has 1 aromatic carbocycles. The van der Waals surface area contributed by atoms with E-state index in [1.807, 2.05) is 0 Å². The number of carboxylic acid groups (broad SMARTS) is 1. The van der Waals surface area contributed by atoms with Crippen LogP contribution in [-0.4, -0.2) is 53.4 Å². The van der Waals surface area contributed by atoms with Crippen LogP contribution in [0, 0.1) is 5.82 Å². The summed E-state index contributed by atoms with van der Waals surface area (Å²) >= 11 is 6.30. The van der Waals surface area contributed by atoms with Gasteiger partial charge in [0.2, 0.25) is 5.91 Å². The number of carbonyl (C=O) groups excluding carboxylic acids is 2. The normalized spacial score (nSPS) is 19.8. The molecule has 3 rings (SSSR count).